The molecular formula is C15H12FN3O4. The minimum Gasteiger partial charge on any atom is -0.326 e. The first-order valence-electron chi connectivity index (χ1n) is 6.50. The number of hydrogen-bond acceptors (Lipinski definition) is 4. The number of benzene rings is 2. The van der Waals surface area contributed by atoms with Gasteiger partial charge in [0.15, 0.2) is 0 Å². The van der Waals surface area contributed by atoms with E-state index in [-0.39, 0.29) is 22.8 Å². The van der Waals surface area contributed by atoms with Crippen LogP contribution in [-0.4, -0.2) is 16.7 Å². The topological polar surface area (TPSA) is 101 Å². The molecule has 2 rings (SSSR count). The normalized spacial score (nSPS) is 10.0. The average molecular weight is 317 g/mol. The molecule has 0 saturated carbocycles. The van der Waals surface area contributed by atoms with Crippen molar-refractivity contribution in [3.8, 4) is 0 Å². The SMILES string of the molecule is CC(=O)Nc1ccc(F)c(NC(=O)c2cccc([N+](=O)[O-])c2)c1. The lowest BCUT2D eigenvalue weighted by Gasteiger charge is -2.09. The van der Waals surface area contributed by atoms with Gasteiger partial charge in [0.1, 0.15) is 5.82 Å². The molecule has 8 heteroatoms. The van der Waals surface area contributed by atoms with E-state index < -0.39 is 16.6 Å². The number of hydrogen-bond donors (Lipinski definition) is 2. The average Bonchev–Trinajstić information content (AvgIpc) is 2.50. The molecule has 0 atom stereocenters. The molecule has 0 bridgehead atoms. The number of amides is 2. The molecule has 0 aliphatic heterocycles. The maximum absolute atomic E-state index is 13.8. The van der Waals surface area contributed by atoms with Crippen LogP contribution in [0.2, 0.25) is 0 Å². The third-order valence-electron chi connectivity index (χ3n) is 2.85. The second kappa shape index (κ2) is 6.65. The van der Waals surface area contributed by atoms with Gasteiger partial charge >= 0.3 is 0 Å². The largest absolute Gasteiger partial charge is 0.326 e. The second-order valence-corrected chi connectivity index (χ2v) is 4.64. The maximum atomic E-state index is 13.8. The highest BCUT2D eigenvalue weighted by Crippen LogP contribution is 2.21. The molecule has 0 radical (unpaired) electrons. The number of nitro groups is 1. The molecule has 0 heterocycles. The highest BCUT2D eigenvalue weighted by atomic mass is 19.1. The van der Waals surface area contributed by atoms with Crippen molar-refractivity contribution in [2.45, 2.75) is 6.92 Å². The van der Waals surface area contributed by atoms with Gasteiger partial charge in [-0.25, -0.2) is 4.39 Å². The van der Waals surface area contributed by atoms with E-state index in [9.17, 15) is 24.1 Å². The van der Waals surface area contributed by atoms with Crippen LogP contribution in [0.3, 0.4) is 0 Å². The predicted octanol–water partition coefficient (Wildman–Crippen LogP) is 2.94. The van der Waals surface area contributed by atoms with Gasteiger partial charge in [-0.15, -0.1) is 0 Å². The molecule has 2 amide bonds. The van der Waals surface area contributed by atoms with Crippen molar-refractivity contribution in [1.82, 2.24) is 0 Å². The maximum Gasteiger partial charge on any atom is 0.270 e. The Bertz CT molecular complexity index is 792. The molecule has 0 aliphatic carbocycles. The Morgan fingerprint density at radius 3 is 2.52 bits per heavy atom. The summed E-state index contributed by atoms with van der Waals surface area (Å²) in [7, 11) is 0. The number of non-ortho nitro benzene ring substituents is 1. The Morgan fingerprint density at radius 2 is 1.87 bits per heavy atom. The van der Waals surface area contributed by atoms with E-state index in [1.807, 2.05) is 0 Å². The van der Waals surface area contributed by atoms with Gasteiger partial charge in [0.05, 0.1) is 10.6 Å². The summed E-state index contributed by atoms with van der Waals surface area (Å²) in [6.45, 7) is 1.30. The molecule has 23 heavy (non-hydrogen) atoms. The number of nitrogens with one attached hydrogen (secondary N) is 2. The van der Waals surface area contributed by atoms with E-state index >= 15 is 0 Å². The standard InChI is InChI=1S/C15H12FN3O4/c1-9(20)17-11-5-6-13(16)14(8-11)18-15(21)10-3-2-4-12(7-10)19(22)23/h2-8H,1H3,(H,17,20)(H,18,21). The van der Waals surface area contributed by atoms with Gasteiger partial charge in [0, 0.05) is 30.3 Å². The number of nitro benzene ring substituents is 1. The van der Waals surface area contributed by atoms with Gasteiger partial charge in [-0.1, -0.05) is 6.07 Å². The Morgan fingerprint density at radius 1 is 1.13 bits per heavy atom. The van der Waals surface area contributed by atoms with E-state index in [1.165, 1.54) is 37.3 Å². The van der Waals surface area contributed by atoms with E-state index in [1.54, 1.807) is 0 Å². The molecule has 0 aliphatic rings. The summed E-state index contributed by atoms with van der Waals surface area (Å²) in [5.41, 5.74) is -0.0605. The molecule has 118 valence electrons. The molecule has 7 nitrogen and oxygen atoms in total. The van der Waals surface area contributed by atoms with E-state index in [0.29, 0.717) is 5.69 Å². The lowest BCUT2D eigenvalue weighted by molar-refractivity contribution is -0.384. The van der Waals surface area contributed by atoms with Gasteiger partial charge in [-0.3, -0.25) is 19.7 Å². The molecule has 0 saturated heterocycles. The lowest BCUT2D eigenvalue weighted by atomic mass is 10.2. The summed E-state index contributed by atoms with van der Waals surface area (Å²) in [5, 5.41) is 15.5. The fraction of sp³-hybridized carbons (Fsp3) is 0.0667. The Balaban J connectivity index is 2.24. The number of halogens is 1. The number of anilines is 2. The molecule has 2 aromatic rings. The predicted molar refractivity (Wildman–Crippen MR) is 81.8 cm³/mol. The fourth-order valence-electron chi connectivity index (χ4n) is 1.86. The highest BCUT2D eigenvalue weighted by molar-refractivity contribution is 6.05. The first-order valence-corrected chi connectivity index (χ1v) is 6.50. The zero-order valence-corrected chi connectivity index (χ0v) is 12.0. The van der Waals surface area contributed by atoms with Crippen molar-refractivity contribution in [3.63, 3.8) is 0 Å². The molecule has 2 aromatic carbocycles. The van der Waals surface area contributed by atoms with Crippen LogP contribution in [0.15, 0.2) is 42.5 Å². The zero-order valence-electron chi connectivity index (χ0n) is 12.0. The summed E-state index contributed by atoms with van der Waals surface area (Å²) in [4.78, 5) is 33.2. The smallest absolute Gasteiger partial charge is 0.270 e. The lowest BCUT2D eigenvalue weighted by Crippen LogP contribution is -2.14. The zero-order chi connectivity index (χ0) is 17.0. The first kappa shape index (κ1) is 16.1. The van der Waals surface area contributed by atoms with Crippen molar-refractivity contribution in [2.75, 3.05) is 10.6 Å². The number of rotatable bonds is 4. The molecule has 0 unspecified atom stereocenters. The fourth-order valence-corrected chi connectivity index (χ4v) is 1.86. The van der Waals surface area contributed by atoms with Crippen LogP contribution >= 0.6 is 0 Å². The number of carbonyl (C=O) groups is 2. The van der Waals surface area contributed by atoms with E-state index in [4.69, 9.17) is 0 Å². The summed E-state index contributed by atoms with van der Waals surface area (Å²) in [6, 6.07) is 8.76. The first-order chi connectivity index (χ1) is 10.9. The number of carbonyl (C=O) groups excluding carboxylic acids is 2. The summed E-state index contributed by atoms with van der Waals surface area (Å²) >= 11 is 0. The van der Waals surface area contributed by atoms with Crippen LogP contribution in [0.4, 0.5) is 21.5 Å². The van der Waals surface area contributed by atoms with Gasteiger partial charge in [0.25, 0.3) is 11.6 Å². The summed E-state index contributed by atoms with van der Waals surface area (Å²) in [5.74, 6) is -1.74. The van der Waals surface area contributed by atoms with E-state index in [0.717, 1.165) is 12.1 Å². The van der Waals surface area contributed by atoms with Crippen LogP contribution in [0.5, 0.6) is 0 Å². The third kappa shape index (κ3) is 4.10. The van der Waals surface area contributed by atoms with Crippen LogP contribution < -0.4 is 10.6 Å². The van der Waals surface area contributed by atoms with Gasteiger partial charge in [0.2, 0.25) is 5.91 Å². The van der Waals surface area contributed by atoms with Crippen molar-refractivity contribution >= 4 is 28.9 Å². The Labute approximate surface area is 130 Å². The van der Waals surface area contributed by atoms with Crippen LogP contribution in [0.25, 0.3) is 0 Å². The molecule has 0 spiro atoms. The van der Waals surface area contributed by atoms with Crippen molar-refractivity contribution in [2.24, 2.45) is 0 Å². The quantitative estimate of drug-likeness (QED) is 0.668. The summed E-state index contributed by atoms with van der Waals surface area (Å²) < 4.78 is 13.8. The van der Waals surface area contributed by atoms with Crippen molar-refractivity contribution in [1.29, 1.82) is 0 Å². The van der Waals surface area contributed by atoms with Gasteiger partial charge in [-0.2, -0.15) is 0 Å². The minimum atomic E-state index is -0.701. The monoisotopic (exact) mass is 317 g/mol. The van der Waals surface area contributed by atoms with E-state index in [2.05, 4.69) is 10.6 Å². The third-order valence-corrected chi connectivity index (χ3v) is 2.85. The second-order valence-electron chi connectivity index (χ2n) is 4.64. The molecule has 2 N–H and O–H groups in total. The highest BCUT2D eigenvalue weighted by Gasteiger charge is 2.14. The summed E-state index contributed by atoms with van der Waals surface area (Å²) in [6.07, 6.45) is 0. The van der Waals surface area contributed by atoms with Crippen LogP contribution in [-0.2, 0) is 4.79 Å². The van der Waals surface area contributed by atoms with Crippen molar-refractivity contribution < 1.29 is 18.9 Å². The van der Waals surface area contributed by atoms with Gasteiger partial charge < -0.3 is 10.6 Å². The Hall–Kier alpha value is -3.29. The van der Waals surface area contributed by atoms with Crippen LogP contribution in [0, 0.1) is 15.9 Å². The molecular weight excluding hydrogens is 305 g/mol. The van der Waals surface area contributed by atoms with Crippen LogP contribution in [0.1, 0.15) is 17.3 Å². The van der Waals surface area contributed by atoms with Crippen molar-refractivity contribution in [3.05, 3.63) is 64.0 Å². The Kier molecular flexibility index (Phi) is 4.65. The molecule has 0 aromatic heterocycles. The van der Waals surface area contributed by atoms with Gasteiger partial charge in [-0.05, 0) is 24.3 Å². The molecule has 0 fully saturated rings. The number of nitrogens with zero attached hydrogens (tertiary/aromatic N) is 1. The minimum absolute atomic E-state index is 0.0172.